The minimum absolute atomic E-state index is 0.115. The summed E-state index contributed by atoms with van der Waals surface area (Å²) < 4.78 is 5.49. The Balaban J connectivity index is 2.31. The molecule has 1 amide bonds. The SMILES string of the molecule is CCCCNCC(O)COc1ncc(C(=O)NC(C)CCC(C)CC)s1. The van der Waals surface area contributed by atoms with Gasteiger partial charge in [-0.25, -0.2) is 4.98 Å². The number of nitrogens with one attached hydrogen (secondary N) is 2. The fourth-order valence-electron chi connectivity index (χ4n) is 2.33. The zero-order valence-electron chi connectivity index (χ0n) is 16.6. The first-order chi connectivity index (χ1) is 12.5. The molecule has 0 saturated heterocycles. The standard InChI is InChI=1S/C19H35N3O3S/c1-5-7-10-20-11-16(23)13-25-19-21-12-17(26-19)18(24)22-15(4)9-8-14(3)6-2/h12,14-16,20,23H,5-11,13H2,1-4H3,(H,22,24). The highest BCUT2D eigenvalue weighted by Gasteiger charge is 2.15. The monoisotopic (exact) mass is 385 g/mol. The van der Waals surface area contributed by atoms with Gasteiger partial charge in [0.25, 0.3) is 11.1 Å². The molecule has 0 radical (unpaired) electrons. The first kappa shape index (κ1) is 22.9. The van der Waals surface area contributed by atoms with Crippen LogP contribution in [0, 0.1) is 5.92 Å². The summed E-state index contributed by atoms with van der Waals surface area (Å²) in [5.74, 6) is 0.566. The Morgan fingerprint density at radius 3 is 2.81 bits per heavy atom. The molecule has 3 unspecified atom stereocenters. The Morgan fingerprint density at radius 2 is 2.12 bits per heavy atom. The van der Waals surface area contributed by atoms with E-state index < -0.39 is 6.10 Å². The number of carbonyl (C=O) groups excluding carboxylic acids is 1. The number of hydrogen-bond donors (Lipinski definition) is 3. The third-order valence-electron chi connectivity index (χ3n) is 4.36. The van der Waals surface area contributed by atoms with E-state index in [1.807, 2.05) is 6.92 Å². The third kappa shape index (κ3) is 9.50. The molecule has 6 nitrogen and oxygen atoms in total. The molecular formula is C19H35N3O3S. The molecule has 1 heterocycles. The van der Waals surface area contributed by atoms with Gasteiger partial charge >= 0.3 is 0 Å². The average Bonchev–Trinajstić information content (AvgIpc) is 3.10. The largest absolute Gasteiger partial charge is 0.467 e. The molecule has 3 N–H and O–H groups in total. The number of aliphatic hydroxyl groups excluding tert-OH is 1. The number of aromatic nitrogens is 1. The maximum Gasteiger partial charge on any atom is 0.273 e. The van der Waals surface area contributed by atoms with E-state index >= 15 is 0 Å². The summed E-state index contributed by atoms with van der Waals surface area (Å²) >= 11 is 1.21. The topological polar surface area (TPSA) is 83.5 Å². The van der Waals surface area contributed by atoms with Crippen LogP contribution in [-0.2, 0) is 0 Å². The number of hydrogen-bond acceptors (Lipinski definition) is 6. The number of thiazole rings is 1. The van der Waals surface area contributed by atoms with Gasteiger partial charge in [0.1, 0.15) is 17.6 Å². The van der Waals surface area contributed by atoms with E-state index in [4.69, 9.17) is 4.74 Å². The van der Waals surface area contributed by atoms with Crippen LogP contribution in [0.25, 0.3) is 0 Å². The van der Waals surface area contributed by atoms with Crippen LogP contribution in [0.4, 0.5) is 0 Å². The van der Waals surface area contributed by atoms with Crippen LogP contribution in [0.3, 0.4) is 0 Å². The number of aliphatic hydroxyl groups is 1. The van der Waals surface area contributed by atoms with Crippen molar-refractivity contribution in [2.75, 3.05) is 19.7 Å². The van der Waals surface area contributed by atoms with Gasteiger partial charge < -0.3 is 20.5 Å². The highest BCUT2D eigenvalue weighted by Crippen LogP contribution is 2.21. The molecule has 0 aliphatic heterocycles. The van der Waals surface area contributed by atoms with E-state index in [0.29, 0.717) is 22.5 Å². The highest BCUT2D eigenvalue weighted by molar-refractivity contribution is 7.15. The zero-order valence-corrected chi connectivity index (χ0v) is 17.4. The number of rotatable bonds is 14. The Bertz CT molecular complexity index is 510. The van der Waals surface area contributed by atoms with E-state index in [9.17, 15) is 9.90 Å². The van der Waals surface area contributed by atoms with Crippen LogP contribution in [0.2, 0.25) is 0 Å². The Kier molecular flexibility index (Phi) is 11.5. The molecule has 0 bridgehead atoms. The Labute approximate surface area is 161 Å². The maximum absolute atomic E-state index is 12.3. The van der Waals surface area contributed by atoms with Gasteiger partial charge in [-0.15, -0.1) is 0 Å². The fourth-order valence-corrected chi connectivity index (χ4v) is 3.01. The van der Waals surface area contributed by atoms with Crippen LogP contribution in [-0.4, -0.2) is 47.8 Å². The number of nitrogens with zero attached hydrogens (tertiary/aromatic N) is 1. The first-order valence-corrected chi connectivity index (χ1v) is 10.6. The molecule has 0 spiro atoms. The van der Waals surface area contributed by atoms with Crippen molar-refractivity contribution in [3.8, 4) is 5.19 Å². The van der Waals surface area contributed by atoms with Crippen molar-refractivity contribution in [2.45, 2.75) is 71.9 Å². The van der Waals surface area contributed by atoms with Crippen molar-refractivity contribution in [2.24, 2.45) is 5.92 Å². The van der Waals surface area contributed by atoms with Crippen LogP contribution >= 0.6 is 11.3 Å². The van der Waals surface area contributed by atoms with E-state index in [1.54, 1.807) is 0 Å². The molecule has 0 aliphatic rings. The van der Waals surface area contributed by atoms with Crippen LogP contribution in [0.5, 0.6) is 5.19 Å². The van der Waals surface area contributed by atoms with Crippen LogP contribution < -0.4 is 15.4 Å². The molecule has 1 rings (SSSR count). The van der Waals surface area contributed by atoms with Crippen molar-refractivity contribution in [1.29, 1.82) is 0 Å². The van der Waals surface area contributed by atoms with E-state index in [2.05, 4.69) is 36.4 Å². The summed E-state index contributed by atoms with van der Waals surface area (Å²) in [4.78, 5) is 16.9. The van der Waals surface area contributed by atoms with Crippen LogP contribution in [0.15, 0.2) is 6.20 Å². The summed E-state index contributed by atoms with van der Waals surface area (Å²) in [6, 6.07) is 0.138. The molecule has 150 valence electrons. The van der Waals surface area contributed by atoms with E-state index in [-0.39, 0.29) is 18.6 Å². The zero-order chi connectivity index (χ0) is 19.4. The van der Waals surface area contributed by atoms with Crippen molar-refractivity contribution < 1.29 is 14.6 Å². The summed E-state index contributed by atoms with van der Waals surface area (Å²) in [6.07, 6.45) is 6.40. The van der Waals surface area contributed by atoms with Gasteiger partial charge in [-0.2, -0.15) is 0 Å². The number of carbonyl (C=O) groups is 1. The minimum Gasteiger partial charge on any atom is -0.467 e. The van der Waals surface area contributed by atoms with E-state index in [1.165, 1.54) is 17.5 Å². The lowest BCUT2D eigenvalue weighted by atomic mass is 10.00. The predicted octanol–water partition coefficient (Wildman–Crippen LogP) is 3.22. The highest BCUT2D eigenvalue weighted by atomic mass is 32.1. The summed E-state index contributed by atoms with van der Waals surface area (Å²) in [5, 5.41) is 16.5. The van der Waals surface area contributed by atoms with Crippen molar-refractivity contribution in [3.63, 3.8) is 0 Å². The quantitative estimate of drug-likeness (QED) is 0.428. The molecular weight excluding hydrogens is 350 g/mol. The van der Waals surface area contributed by atoms with Crippen molar-refractivity contribution in [3.05, 3.63) is 11.1 Å². The van der Waals surface area contributed by atoms with Gasteiger partial charge in [-0.05, 0) is 38.6 Å². The summed E-state index contributed by atoms with van der Waals surface area (Å²) in [5.41, 5.74) is 0. The Morgan fingerprint density at radius 1 is 1.35 bits per heavy atom. The second kappa shape index (κ2) is 13.1. The van der Waals surface area contributed by atoms with Gasteiger partial charge in [0, 0.05) is 12.6 Å². The van der Waals surface area contributed by atoms with Gasteiger partial charge in [0.2, 0.25) is 0 Å². The lowest BCUT2D eigenvalue weighted by Gasteiger charge is -2.15. The Hall–Kier alpha value is -1.18. The normalized spacial score (nSPS) is 14.7. The summed E-state index contributed by atoms with van der Waals surface area (Å²) in [6.45, 7) is 10.1. The lowest BCUT2D eigenvalue weighted by Crippen LogP contribution is -2.32. The maximum atomic E-state index is 12.3. The number of unbranched alkanes of at least 4 members (excludes halogenated alkanes) is 1. The molecule has 0 fully saturated rings. The average molecular weight is 386 g/mol. The second-order valence-corrected chi connectivity index (χ2v) is 7.97. The second-order valence-electron chi connectivity index (χ2n) is 6.98. The first-order valence-electron chi connectivity index (χ1n) is 9.74. The smallest absolute Gasteiger partial charge is 0.273 e. The number of ether oxygens (including phenoxy) is 1. The molecule has 0 saturated carbocycles. The van der Waals surface area contributed by atoms with Gasteiger partial charge in [0.05, 0.1) is 6.20 Å². The third-order valence-corrected chi connectivity index (χ3v) is 5.27. The molecule has 0 aromatic carbocycles. The van der Waals surface area contributed by atoms with Crippen LogP contribution in [0.1, 0.15) is 69.5 Å². The predicted molar refractivity (Wildman–Crippen MR) is 107 cm³/mol. The van der Waals surface area contributed by atoms with E-state index in [0.717, 1.165) is 38.6 Å². The fraction of sp³-hybridized carbons (Fsp3) is 0.789. The summed E-state index contributed by atoms with van der Waals surface area (Å²) in [7, 11) is 0. The molecule has 7 heteroatoms. The lowest BCUT2D eigenvalue weighted by molar-refractivity contribution is 0.0941. The van der Waals surface area contributed by atoms with Crippen molar-refractivity contribution >= 4 is 17.2 Å². The van der Waals surface area contributed by atoms with Gasteiger partial charge in [-0.1, -0.05) is 44.9 Å². The molecule has 3 atom stereocenters. The number of amides is 1. The molecule has 26 heavy (non-hydrogen) atoms. The van der Waals surface area contributed by atoms with Crippen molar-refractivity contribution in [1.82, 2.24) is 15.6 Å². The molecule has 0 aliphatic carbocycles. The molecule has 1 aromatic heterocycles. The minimum atomic E-state index is -0.589. The van der Waals surface area contributed by atoms with Gasteiger partial charge in [0.15, 0.2) is 0 Å². The molecule has 1 aromatic rings. The van der Waals surface area contributed by atoms with Gasteiger partial charge in [-0.3, -0.25) is 4.79 Å².